The number of rotatable bonds is 1. The number of thiophene rings is 1. The molecule has 2 rings (SSSR count). The molecule has 2 heterocycles. The summed E-state index contributed by atoms with van der Waals surface area (Å²) in [6.45, 7) is 4.02. The highest BCUT2D eigenvalue weighted by Gasteiger charge is 2.24. The van der Waals surface area contributed by atoms with Crippen LogP contribution in [0.15, 0.2) is 16.8 Å². The quantitative estimate of drug-likeness (QED) is 0.706. The van der Waals surface area contributed by atoms with Crippen LogP contribution < -0.4 is 0 Å². The van der Waals surface area contributed by atoms with E-state index >= 15 is 0 Å². The Kier molecular flexibility index (Phi) is 2.84. The van der Waals surface area contributed by atoms with Crippen LogP contribution in [0, 0.1) is 0 Å². The Hall–Kier alpha value is -0.870. The fourth-order valence-electron chi connectivity index (χ4n) is 1.58. The van der Waals surface area contributed by atoms with E-state index in [2.05, 4.69) is 0 Å². The van der Waals surface area contributed by atoms with E-state index in [0.717, 1.165) is 5.56 Å². The third kappa shape index (κ3) is 1.81. The number of morpholine rings is 1. The summed E-state index contributed by atoms with van der Waals surface area (Å²) in [5, 5.41) is 3.82. The first-order chi connectivity index (χ1) is 6.79. The number of nitrogens with zero attached hydrogens (tertiary/aromatic N) is 1. The molecule has 0 bridgehead atoms. The summed E-state index contributed by atoms with van der Waals surface area (Å²) >= 11 is 1.55. The molecule has 1 aliphatic heterocycles. The number of hydrogen-bond acceptors (Lipinski definition) is 3. The number of hydrogen-bond donors (Lipinski definition) is 0. The fourth-order valence-corrected chi connectivity index (χ4v) is 2.21. The molecule has 0 radical (unpaired) electrons. The topological polar surface area (TPSA) is 29.5 Å². The molecular weight excluding hydrogens is 198 g/mol. The van der Waals surface area contributed by atoms with Gasteiger partial charge in [-0.2, -0.15) is 11.3 Å². The standard InChI is InChI=1S/C10H13NO2S/c1-8-6-13-4-3-11(8)10(12)9-2-5-14-7-9/h2,5,7-8H,3-4,6H2,1H3. The summed E-state index contributed by atoms with van der Waals surface area (Å²) in [4.78, 5) is 13.8. The van der Waals surface area contributed by atoms with Crippen molar-refractivity contribution in [2.45, 2.75) is 13.0 Å². The highest BCUT2D eigenvalue weighted by molar-refractivity contribution is 7.08. The first-order valence-electron chi connectivity index (χ1n) is 4.70. The number of ether oxygens (including phenoxy) is 1. The average Bonchev–Trinajstić information content (AvgIpc) is 2.70. The third-order valence-corrected chi connectivity index (χ3v) is 3.08. The minimum Gasteiger partial charge on any atom is -0.377 e. The van der Waals surface area contributed by atoms with E-state index in [1.54, 1.807) is 11.3 Å². The predicted molar refractivity (Wildman–Crippen MR) is 55.6 cm³/mol. The van der Waals surface area contributed by atoms with Gasteiger partial charge in [0.15, 0.2) is 0 Å². The van der Waals surface area contributed by atoms with Gasteiger partial charge in [-0.15, -0.1) is 0 Å². The maximum Gasteiger partial charge on any atom is 0.255 e. The van der Waals surface area contributed by atoms with Gasteiger partial charge in [-0.25, -0.2) is 0 Å². The first kappa shape index (κ1) is 9.68. The van der Waals surface area contributed by atoms with E-state index in [9.17, 15) is 4.79 Å². The van der Waals surface area contributed by atoms with E-state index in [4.69, 9.17) is 4.74 Å². The van der Waals surface area contributed by atoms with Gasteiger partial charge in [0.25, 0.3) is 5.91 Å². The van der Waals surface area contributed by atoms with Crippen LogP contribution >= 0.6 is 11.3 Å². The smallest absolute Gasteiger partial charge is 0.255 e. The van der Waals surface area contributed by atoms with Crippen LogP contribution in [0.1, 0.15) is 17.3 Å². The zero-order valence-electron chi connectivity index (χ0n) is 8.10. The molecule has 0 aliphatic carbocycles. The van der Waals surface area contributed by atoms with Gasteiger partial charge in [0.05, 0.1) is 24.8 Å². The Labute approximate surface area is 87.3 Å². The molecular formula is C10H13NO2S. The van der Waals surface area contributed by atoms with Gasteiger partial charge in [-0.05, 0) is 18.4 Å². The molecule has 4 heteroatoms. The molecule has 1 fully saturated rings. The molecule has 1 unspecified atom stereocenters. The Morgan fingerprint density at radius 1 is 1.71 bits per heavy atom. The maximum atomic E-state index is 11.9. The third-order valence-electron chi connectivity index (χ3n) is 2.40. The number of carbonyl (C=O) groups excluding carboxylic acids is 1. The van der Waals surface area contributed by atoms with Crippen LogP contribution in [0.4, 0.5) is 0 Å². The van der Waals surface area contributed by atoms with Crippen molar-refractivity contribution < 1.29 is 9.53 Å². The number of amides is 1. The Morgan fingerprint density at radius 2 is 2.57 bits per heavy atom. The molecule has 1 amide bonds. The molecule has 0 aromatic carbocycles. The molecule has 1 saturated heterocycles. The summed E-state index contributed by atoms with van der Waals surface area (Å²) in [5.74, 6) is 0.127. The lowest BCUT2D eigenvalue weighted by Gasteiger charge is -2.33. The SMILES string of the molecule is CC1COCCN1C(=O)c1ccsc1. The zero-order chi connectivity index (χ0) is 9.97. The lowest BCUT2D eigenvalue weighted by molar-refractivity contribution is 0.00362. The van der Waals surface area contributed by atoms with Crippen LogP contribution in [-0.2, 0) is 4.74 Å². The van der Waals surface area contributed by atoms with Crippen molar-refractivity contribution in [3.8, 4) is 0 Å². The molecule has 0 N–H and O–H groups in total. The van der Waals surface area contributed by atoms with Gasteiger partial charge < -0.3 is 9.64 Å². The van der Waals surface area contributed by atoms with E-state index in [0.29, 0.717) is 19.8 Å². The summed E-state index contributed by atoms with van der Waals surface area (Å²) in [6, 6.07) is 2.06. The Morgan fingerprint density at radius 3 is 3.21 bits per heavy atom. The van der Waals surface area contributed by atoms with E-state index in [-0.39, 0.29) is 11.9 Å². The van der Waals surface area contributed by atoms with Gasteiger partial charge in [0.1, 0.15) is 0 Å². The number of carbonyl (C=O) groups is 1. The molecule has 3 nitrogen and oxygen atoms in total. The second-order valence-corrected chi connectivity index (χ2v) is 4.21. The minimum atomic E-state index is 0.127. The lowest BCUT2D eigenvalue weighted by Crippen LogP contribution is -2.46. The summed E-state index contributed by atoms with van der Waals surface area (Å²) < 4.78 is 5.29. The van der Waals surface area contributed by atoms with Crippen LogP contribution in [0.2, 0.25) is 0 Å². The van der Waals surface area contributed by atoms with Gasteiger partial charge >= 0.3 is 0 Å². The fraction of sp³-hybridized carbons (Fsp3) is 0.500. The second kappa shape index (κ2) is 4.11. The largest absolute Gasteiger partial charge is 0.377 e. The predicted octanol–water partition coefficient (Wildman–Crippen LogP) is 1.61. The van der Waals surface area contributed by atoms with Crippen LogP contribution in [0.3, 0.4) is 0 Å². The molecule has 1 atom stereocenters. The van der Waals surface area contributed by atoms with Crippen molar-refractivity contribution in [1.29, 1.82) is 0 Å². The van der Waals surface area contributed by atoms with Crippen LogP contribution in [0.5, 0.6) is 0 Å². The molecule has 1 aliphatic rings. The first-order valence-corrected chi connectivity index (χ1v) is 5.64. The van der Waals surface area contributed by atoms with E-state index < -0.39 is 0 Å². The maximum absolute atomic E-state index is 11.9. The van der Waals surface area contributed by atoms with Crippen molar-refractivity contribution in [1.82, 2.24) is 4.90 Å². The van der Waals surface area contributed by atoms with Crippen molar-refractivity contribution in [3.63, 3.8) is 0 Å². The summed E-state index contributed by atoms with van der Waals surface area (Å²) in [5.41, 5.74) is 0.795. The van der Waals surface area contributed by atoms with Crippen molar-refractivity contribution in [2.75, 3.05) is 19.8 Å². The second-order valence-electron chi connectivity index (χ2n) is 3.43. The minimum absolute atomic E-state index is 0.127. The van der Waals surface area contributed by atoms with Crippen molar-refractivity contribution in [2.24, 2.45) is 0 Å². The van der Waals surface area contributed by atoms with Gasteiger partial charge in [0, 0.05) is 11.9 Å². The molecule has 1 aromatic heterocycles. The van der Waals surface area contributed by atoms with Gasteiger partial charge in [0.2, 0.25) is 0 Å². The highest BCUT2D eigenvalue weighted by atomic mass is 32.1. The molecule has 14 heavy (non-hydrogen) atoms. The molecule has 0 saturated carbocycles. The normalized spacial score (nSPS) is 22.4. The zero-order valence-corrected chi connectivity index (χ0v) is 8.92. The molecule has 1 aromatic rings. The Balaban J connectivity index is 2.10. The van der Waals surface area contributed by atoms with Crippen molar-refractivity contribution in [3.05, 3.63) is 22.4 Å². The summed E-state index contributed by atoms with van der Waals surface area (Å²) in [7, 11) is 0. The van der Waals surface area contributed by atoms with Gasteiger partial charge in [-0.1, -0.05) is 0 Å². The monoisotopic (exact) mass is 211 g/mol. The van der Waals surface area contributed by atoms with Crippen molar-refractivity contribution >= 4 is 17.2 Å². The highest BCUT2D eigenvalue weighted by Crippen LogP contribution is 2.14. The summed E-state index contributed by atoms with van der Waals surface area (Å²) in [6.07, 6.45) is 0. The van der Waals surface area contributed by atoms with E-state index in [1.165, 1.54) is 0 Å². The average molecular weight is 211 g/mol. The Bertz CT molecular complexity index is 310. The van der Waals surface area contributed by atoms with Crippen LogP contribution in [-0.4, -0.2) is 36.6 Å². The lowest BCUT2D eigenvalue weighted by atomic mass is 10.2. The molecule has 76 valence electrons. The van der Waals surface area contributed by atoms with Crippen LogP contribution in [0.25, 0.3) is 0 Å². The van der Waals surface area contributed by atoms with Gasteiger partial charge in [-0.3, -0.25) is 4.79 Å². The molecule has 0 spiro atoms. The van der Waals surface area contributed by atoms with E-state index in [1.807, 2.05) is 28.7 Å².